The molecule has 0 spiro atoms. The van der Waals surface area contributed by atoms with E-state index in [2.05, 4.69) is 0 Å². The molecule has 1 unspecified atom stereocenters. The van der Waals surface area contributed by atoms with Crippen LogP contribution in [0.3, 0.4) is 0 Å². The van der Waals surface area contributed by atoms with Gasteiger partial charge in [0.15, 0.2) is 5.82 Å². The molecular formula is C14H15F2NO2. The third-order valence-corrected chi connectivity index (χ3v) is 3.26. The maximum absolute atomic E-state index is 13.8. The number of amides is 1. The van der Waals surface area contributed by atoms with Gasteiger partial charge in [0.05, 0.1) is 11.3 Å². The Balaban J connectivity index is 2.39. The molecule has 0 bridgehead atoms. The number of rotatable bonds is 4. The van der Waals surface area contributed by atoms with Gasteiger partial charge in [-0.25, -0.2) is 8.78 Å². The molecule has 0 aliphatic carbocycles. The van der Waals surface area contributed by atoms with Gasteiger partial charge < -0.3 is 4.90 Å². The van der Waals surface area contributed by atoms with Crippen molar-refractivity contribution in [3.05, 3.63) is 29.3 Å². The Morgan fingerprint density at radius 2 is 1.95 bits per heavy atom. The fourth-order valence-corrected chi connectivity index (χ4v) is 2.42. The van der Waals surface area contributed by atoms with Crippen molar-refractivity contribution in [3.8, 4) is 0 Å². The second-order valence-corrected chi connectivity index (χ2v) is 4.92. The van der Waals surface area contributed by atoms with Gasteiger partial charge >= 0.3 is 0 Å². The lowest BCUT2D eigenvalue weighted by atomic mass is 10.1. The van der Waals surface area contributed by atoms with Crippen LogP contribution in [0, 0.1) is 17.6 Å². The molecule has 2 rings (SSSR count). The van der Waals surface area contributed by atoms with Gasteiger partial charge in [-0.1, -0.05) is 20.3 Å². The highest BCUT2D eigenvalue weighted by Gasteiger charge is 2.39. The van der Waals surface area contributed by atoms with Crippen molar-refractivity contribution in [3.63, 3.8) is 0 Å². The number of anilines is 1. The number of fused-ring (bicyclic) bond motifs is 1. The fraction of sp³-hybridized carbons (Fsp3) is 0.429. The first kappa shape index (κ1) is 13.6. The normalized spacial score (nSPS) is 15.9. The average Bonchev–Trinajstić information content (AvgIpc) is 2.55. The minimum atomic E-state index is -0.863. The van der Waals surface area contributed by atoms with Crippen LogP contribution in [0.25, 0.3) is 0 Å². The molecule has 1 amide bonds. The molecule has 1 aliphatic heterocycles. The Labute approximate surface area is 110 Å². The summed E-state index contributed by atoms with van der Waals surface area (Å²) in [4.78, 5) is 24.7. The fourth-order valence-electron chi connectivity index (χ4n) is 2.42. The molecule has 0 saturated heterocycles. The van der Waals surface area contributed by atoms with E-state index < -0.39 is 23.3 Å². The van der Waals surface area contributed by atoms with E-state index in [1.165, 1.54) is 0 Å². The van der Waals surface area contributed by atoms with Crippen molar-refractivity contribution in [1.82, 2.24) is 0 Å². The molecule has 0 N–H and O–H groups in total. The lowest BCUT2D eigenvalue weighted by molar-refractivity contribution is -0.114. The number of carbonyl (C=O) groups excluding carboxylic acids is 2. The van der Waals surface area contributed by atoms with E-state index in [0.29, 0.717) is 6.07 Å². The zero-order valence-electron chi connectivity index (χ0n) is 10.9. The summed E-state index contributed by atoms with van der Waals surface area (Å²) in [5, 5.41) is 0. The molecule has 19 heavy (non-hydrogen) atoms. The molecule has 1 aromatic carbocycles. The maximum Gasteiger partial charge on any atom is 0.299 e. The molecule has 1 atom stereocenters. The highest BCUT2D eigenvalue weighted by atomic mass is 19.1. The Morgan fingerprint density at radius 1 is 1.26 bits per heavy atom. The molecule has 0 fully saturated rings. The summed E-state index contributed by atoms with van der Waals surface area (Å²) in [5.74, 6) is -3.17. The van der Waals surface area contributed by atoms with Gasteiger partial charge in [-0.15, -0.1) is 0 Å². The molecule has 102 valence electrons. The van der Waals surface area contributed by atoms with Crippen molar-refractivity contribution in [2.45, 2.75) is 26.7 Å². The van der Waals surface area contributed by atoms with Gasteiger partial charge in [0.25, 0.3) is 11.7 Å². The van der Waals surface area contributed by atoms with E-state index in [1.54, 1.807) is 0 Å². The molecule has 1 heterocycles. The SMILES string of the molecule is CCCC(C)CN1C(=O)C(=O)c2cc(F)cc(F)c21. The number of benzene rings is 1. The van der Waals surface area contributed by atoms with Gasteiger partial charge in [0, 0.05) is 12.6 Å². The molecule has 3 nitrogen and oxygen atoms in total. The molecule has 0 saturated carbocycles. The summed E-state index contributed by atoms with van der Waals surface area (Å²) in [6.07, 6.45) is 1.81. The predicted molar refractivity (Wildman–Crippen MR) is 67.1 cm³/mol. The number of nitrogens with zero attached hydrogens (tertiary/aromatic N) is 1. The van der Waals surface area contributed by atoms with E-state index in [0.717, 1.165) is 23.8 Å². The van der Waals surface area contributed by atoms with E-state index in [1.807, 2.05) is 13.8 Å². The molecule has 1 aromatic rings. The lowest BCUT2D eigenvalue weighted by Crippen LogP contribution is -2.34. The van der Waals surface area contributed by atoms with Crippen LogP contribution < -0.4 is 4.90 Å². The van der Waals surface area contributed by atoms with Crippen LogP contribution in [0.4, 0.5) is 14.5 Å². The standard InChI is InChI=1S/C14H15F2NO2/c1-3-4-8(2)7-17-12-10(13(18)14(17)19)5-9(15)6-11(12)16/h5-6,8H,3-4,7H2,1-2H3. The van der Waals surface area contributed by atoms with Crippen molar-refractivity contribution in [2.24, 2.45) is 5.92 Å². The third-order valence-electron chi connectivity index (χ3n) is 3.26. The van der Waals surface area contributed by atoms with E-state index in [9.17, 15) is 18.4 Å². The Kier molecular flexibility index (Phi) is 3.64. The number of ketones is 1. The summed E-state index contributed by atoms with van der Waals surface area (Å²) in [7, 11) is 0. The maximum atomic E-state index is 13.8. The largest absolute Gasteiger partial charge is 0.302 e. The molecular weight excluding hydrogens is 252 g/mol. The molecule has 5 heteroatoms. The van der Waals surface area contributed by atoms with Gasteiger partial charge in [-0.2, -0.15) is 0 Å². The van der Waals surface area contributed by atoms with Crippen molar-refractivity contribution < 1.29 is 18.4 Å². The summed E-state index contributed by atoms with van der Waals surface area (Å²) in [6.45, 7) is 4.21. The van der Waals surface area contributed by atoms with Gasteiger partial charge in [0.1, 0.15) is 5.82 Å². The predicted octanol–water partition coefficient (Wildman–Crippen LogP) is 2.93. The summed E-state index contributed by atoms with van der Waals surface area (Å²) in [5.41, 5.74) is -0.259. The van der Waals surface area contributed by atoms with E-state index >= 15 is 0 Å². The Bertz CT molecular complexity index is 542. The van der Waals surface area contributed by atoms with E-state index in [-0.39, 0.29) is 23.7 Å². The minimum absolute atomic E-state index is 0.0839. The minimum Gasteiger partial charge on any atom is -0.302 e. The average molecular weight is 267 g/mol. The molecule has 0 radical (unpaired) electrons. The highest BCUT2D eigenvalue weighted by Crippen LogP contribution is 2.33. The van der Waals surface area contributed by atoms with Gasteiger partial charge in [0.2, 0.25) is 0 Å². The van der Waals surface area contributed by atoms with Gasteiger partial charge in [-0.05, 0) is 18.4 Å². The van der Waals surface area contributed by atoms with Crippen LogP contribution in [0.5, 0.6) is 0 Å². The summed E-state index contributed by atoms with van der Waals surface area (Å²) < 4.78 is 26.9. The van der Waals surface area contributed by atoms with Crippen LogP contribution in [0.2, 0.25) is 0 Å². The Hall–Kier alpha value is -1.78. The first-order valence-corrected chi connectivity index (χ1v) is 6.31. The zero-order valence-corrected chi connectivity index (χ0v) is 10.9. The number of halogens is 2. The third kappa shape index (κ3) is 2.37. The quantitative estimate of drug-likeness (QED) is 0.786. The lowest BCUT2D eigenvalue weighted by Gasteiger charge is -2.21. The number of hydrogen-bond acceptors (Lipinski definition) is 2. The van der Waals surface area contributed by atoms with Crippen LogP contribution in [-0.2, 0) is 4.79 Å². The van der Waals surface area contributed by atoms with Crippen LogP contribution in [0.1, 0.15) is 37.0 Å². The second-order valence-electron chi connectivity index (χ2n) is 4.92. The van der Waals surface area contributed by atoms with Crippen molar-refractivity contribution in [1.29, 1.82) is 0 Å². The van der Waals surface area contributed by atoms with E-state index in [4.69, 9.17) is 0 Å². The summed E-state index contributed by atoms with van der Waals surface area (Å²) >= 11 is 0. The number of Topliss-reactive ketones (excluding diaryl/α,β-unsaturated/α-hetero) is 1. The monoisotopic (exact) mass is 267 g/mol. The molecule has 1 aliphatic rings. The van der Waals surface area contributed by atoms with Crippen LogP contribution >= 0.6 is 0 Å². The topological polar surface area (TPSA) is 37.4 Å². The first-order chi connectivity index (χ1) is 8.95. The first-order valence-electron chi connectivity index (χ1n) is 6.31. The van der Waals surface area contributed by atoms with Crippen molar-refractivity contribution >= 4 is 17.4 Å². The van der Waals surface area contributed by atoms with Crippen LogP contribution in [-0.4, -0.2) is 18.2 Å². The number of carbonyl (C=O) groups is 2. The molecule has 0 aromatic heterocycles. The van der Waals surface area contributed by atoms with Gasteiger partial charge in [-0.3, -0.25) is 9.59 Å². The smallest absolute Gasteiger partial charge is 0.299 e. The summed E-state index contributed by atoms with van der Waals surface area (Å²) in [6, 6.07) is 1.62. The Morgan fingerprint density at radius 3 is 2.58 bits per heavy atom. The number of hydrogen-bond donors (Lipinski definition) is 0. The zero-order chi connectivity index (χ0) is 14.2. The highest BCUT2D eigenvalue weighted by molar-refractivity contribution is 6.52. The second kappa shape index (κ2) is 5.07. The van der Waals surface area contributed by atoms with Crippen molar-refractivity contribution in [2.75, 3.05) is 11.4 Å². The van der Waals surface area contributed by atoms with Crippen LogP contribution in [0.15, 0.2) is 12.1 Å².